The van der Waals surface area contributed by atoms with E-state index in [2.05, 4.69) is 35.5 Å². The Hall–Kier alpha value is -2.40. The van der Waals surface area contributed by atoms with Crippen LogP contribution in [0.4, 0.5) is 15.6 Å². The van der Waals surface area contributed by atoms with Gasteiger partial charge in [0.05, 0.1) is 10.2 Å². The lowest BCUT2D eigenvalue weighted by molar-refractivity contribution is 0.262. The number of anilines is 2. The molecule has 0 saturated carbocycles. The number of para-hydroxylation sites is 2. The van der Waals surface area contributed by atoms with E-state index in [1.165, 1.54) is 16.9 Å². The Morgan fingerprint density at radius 1 is 1.05 bits per heavy atom. The van der Waals surface area contributed by atoms with E-state index >= 15 is 0 Å². The van der Waals surface area contributed by atoms with Gasteiger partial charge >= 0.3 is 6.03 Å². The summed E-state index contributed by atoms with van der Waals surface area (Å²) in [6.07, 6.45) is 0. The monoisotopic (exact) mass is 311 g/mol. The van der Waals surface area contributed by atoms with E-state index in [-0.39, 0.29) is 6.03 Å². The first kappa shape index (κ1) is 14.5. The summed E-state index contributed by atoms with van der Waals surface area (Å²) in [5, 5.41) is 6.20. The van der Waals surface area contributed by atoms with E-state index in [1.54, 1.807) is 0 Å². The first-order valence-electron chi connectivity index (χ1n) is 7.16. The Morgan fingerprint density at radius 3 is 2.55 bits per heavy atom. The summed E-state index contributed by atoms with van der Waals surface area (Å²) in [6.45, 7) is 4.28. The molecule has 0 aliphatic heterocycles. The number of nitrogens with zero attached hydrogens (tertiary/aromatic N) is 1. The quantitative estimate of drug-likeness (QED) is 0.710. The number of rotatable bonds is 3. The second-order valence-electron chi connectivity index (χ2n) is 5.31. The number of thiazole rings is 1. The van der Waals surface area contributed by atoms with E-state index in [0.717, 1.165) is 15.9 Å². The van der Waals surface area contributed by atoms with Gasteiger partial charge in [-0.25, -0.2) is 9.78 Å². The Kier molecular flexibility index (Phi) is 4.06. The molecule has 3 rings (SSSR count). The molecule has 0 fully saturated rings. The van der Waals surface area contributed by atoms with Crippen LogP contribution in [0, 0.1) is 0 Å². The van der Waals surface area contributed by atoms with Gasteiger partial charge in [0.25, 0.3) is 0 Å². The smallest absolute Gasteiger partial charge is 0.308 e. The van der Waals surface area contributed by atoms with Crippen LogP contribution in [0.5, 0.6) is 0 Å². The van der Waals surface area contributed by atoms with Gasteiger partial charge in [-0.3, -0.25) is 5.32 Å². The van der Waals surface area contributed by atoms with Crippen molar-refractivity contribution < 1.29 is 4.79 Å². The normalized spacial score (nSPS) is 10.9. The summed E-state index contributed by atoms with van der Waals surface area (Å²) in [5.41, 5.74) is 2.92. The van der Waals surface area contributed by atoms with Crippen LogP contribution in [0.1, 0.15) is 25.3 Å². The molecule has 4 nitrogen and oxygen atoms in total. The molecule has 2 aromatic carbocycles. The first-order valence-corrected chi connectivity index (χ1v) is 7.97. The zero-order valence-corrected chi connectivity index (χ0v) is 13.3. The number of nitrogens with one attached hydrogen (secondary N) is 2. The fourth-order valence-corrected chi connectivity index (χ4v) is 3.17. The van der Waals surface area contributed by atoms with Crippen molar-refractivity contribution in [1.82, 2.24) is 4.98 Å². The Bertz CT molecular complexity index is 796. The molecule has 0 aliphatic rings. The maximum Gasteiger partial charge on any atom is 0.325 e. The summed E-state index contributed by atoms with van der Waals surface area (Å²) in [6, 6.07) is 15.2. The Morgan fingerprint density at radius 2 is 1.82 bits per heavy atom. The van der Waals surface area contributed by atoms with Crippen molar-refractivity contribution in [3.05, 3.63) is 54.1 Å². The fraction of sp³-hybridized carbons (Fsp3) is 0.176. The maximum absolute atomic E-state index is 12.0. The third-order valence-corrected chi connectivity index (χ3v) is 4.26. The minimum Gasteiger partial charge on any atom is -0.308 e. The molecule has 0 unspecified atom stereocenters. The molecule has 1 aromatic heterocycles. The molecule has 0 saturated heterocycles. The minimum absolute atomic E-state index is 0.281. The number of hydrogen-bond donors (Lipinski definition) is 2. The lowest BCUT2D eigenvalue weighted by Gasteiger charge is -2.05. The van der Waals surface area contributed by atoms with Gasteiger partial charge in [0.2, 0.25) is 0 Å². The molecule has 0 bridgehead atoms. The van der Waals surface area contributed by atoms with Crippen LogP contribution in [0.2, 0.25) is 0 Å². The topological polar surface area (TPSA) is 54.0 Å². The summed E-state index contributed by atoms with van der Waals surface area (Å²) in [5.74, 6) is 0.400. The number of carbonyl (C=O) groups is 1. The van der Waals surface area contributed by atoms with Crippen LogP contribution >= 0.6 is 11.3 Å². The van der Waals surface area contributed by atoms with Crippen molar-refractivity contribution in [2.24, 2.45) is 0 Å². The lowest BCUT2D eigenvalue weighted by atomic mass is 10.0. The van der Waals surface area contributed by atoms with E-state index < -0.39 is 0 Å². The van der Waals surface area contributed by atoms with Crippen LogP contribution in [0.15, 0.2) is 48.5 Å². The van der Waals surface area contributed by atoms with Crippen molar-refractivity contribution in [1.29, 1.82) is 0 Å². The minimum atomic E-state index is -0.281. The molecule has 0 radical (unpaired) electrons. The number of aromatic nitrogens is 1. The van der Waals surface area contributed by atoms with Gasteiger partial charge in [-0.1, -0.05) is 55.5 Å². The van der Waals surface area contributed by atoms with E-state index in [4.69, 9.17) is 0 Å². The molecule has 0 spiro atoms. The highest BCUT2D eigenvalue weighted by Crippen LogP contribution is 2.31. The van der Waals surface area contributed by atoms with Gasteiger partial charge in [-0.05, 0) is 29.7 Å². The molecular weight excluding hydrogens is 294 g/mol. The predicted octanol–water partition coefficient (Wildman–Crippen LogP) is 5.06. The van der Waals surface area contributed by atoms with Gasteiger partial charge in [0, 0.05) is 5.69 Å². The molecule has 112 valence electrons. The van der Waals surface area contributed by atoms with Gasteiger partial charge in [-0.2, -0.15) is 0 Å². The van der Waals surface area contributed by atoms with Crippen LogP contribution in [-0.2, 0) is 0 Å². The number of hydrogen-bond acceptors (Lipinski definition) is 3. The summed E-state index contributed by atoms with van der Waals surface area (Å²) < 4.78 is 1.08. The van der Waals surface area contributed by atoms with Crippen LogP contribution in [0.3, 0.4) is 0 Å². The number of fused-ring (bicyclic) bond motifs is 1. The van der Waals surface area contributed by atoms with Crippen molar-refractivity contribution in [2.45, 2.75) is 19.8 Å². The van der Waals surface area contributed by atoms with Crippen molar-refractivity contribution in [3.8, 4) is 0 Å². The van der Waals surface area contributed by atoms with Gasteiger partial charge in [0.15, 0.2) is 5.13 Å². The second-order valence-corrected chi connectivity index (χ2v) is 6.34. The highest BCUT2D eigenvalue weighted by molar-refractivity contribution is 7.22. The van der Waals surface area contributed by atoms with Gasteiger partial charge in [0.1, 0.15) is 0 Å². The summed E-state index contributed by atoms with van der Waals surface area (Å²) in [4.78, 5) is 16.6. The predicted molar refractivity (Wildman–Crippen MR) is 92.8 cm³/mol. The van der Waals surface area contributed by atoms with Crippen molar-refractivity contribution in [2.75, 3.05) is 10.6 Å². The van der Waals surface area contributed by atoms with E-state index in [9.17, 15) is 4.79 Å². The molecule has 5 heteroatoms. The number of benzene rings is 2. The van der Waals surface area contributed by atoms with Crippen LogP contribution < -0.4 is 10.6 Å². The number of urea groups is 1. The van der Waals surface area contributed by atoms with Gasteiger partial charge in [-0.15, -0.1) is 0 Å². The molecule has 0 atom stereocenters. The van der Waals surface area contributed by atoms with Crippen molar-refractivity contribution in [3.63, 3.8) is 0 Å². The third kappa shape index (κ3) is 3.09. The van der Waals surface area contributed by atoms with E-state index in [1.807, 2.05) is 42.5 Å². The Balaban J connectivity index is 1.79. The lowest BCUT2D eigenvalue weighted by Crippen LogP contribution is -2.19. The molecule has 0 aliphatic carbocycles. The SMILES string of the molecule is CC(C)c1cccc2sc(NC(=O)Nc3ccccc3)nc12. The van der Waals surface area contributed by atoms with Crippen LogP contribution in [0.25, 0.3) is 10.2 Å². The number of carbonyl (C=O) groups excluding carboxylic acids is 1. The molecular formula is C17H17N3OS. The van der Waals surface area contributed by atoms with Gasteiger partial charge < -0.3 is 5.32 Å². The molecule has 2 amide bonds. The zero-order chi connectivity index (χ0) is 15.5. The molecule has 3 aromatic rings. The maximum atomic E-state index is 12.0. The summed E-state index contributed by atoms with van der Waals surface area (Å²) >= 11 is 1.48. The highest BCUT2D eigenvalue weighted by atomic mass is 32.1. The van der Waals surface area contributed by atoms with E-state index in [0.29, 0.717) is 11.0 Å². The summed E-state index contributed by atoms with van der Waals surface area (Å²) in [7, 11) is 0. The standard InChI is InChI=1S/C17H17N3OS/c1-11(2)13-9-6-10-14-15(13)19-17(22-14)20-16(21)18-12-7-4-3-5-8-12/h3-11H,1-2H3,(H2,18,19,20,21). The zero-order valence-electron chi connectivity index (χ0n) is 12.5. The largest absolute Gasteiger partial charge is 0.325 e. The van der Waals surface area contributed by atoms with Crippen LogP contribution in [-0.4, -0.2) is 11.0 Å². The molecule has 22 heavy (non-hydrogen) atoms. The molecule has 2 N–H and O–H groups in total. The second kappa shape index (κ2) is 6.15. The fourth-order valence-electron chi connectivity index (χ4n) is 2.27. The average Bonchev–Trinajstić information content (AvgIpc) is 2.89. The highest BCUT2D eigenvalue weighted by Gasteiger charge is 2.12. The number of amides is 2. The first-order chi connectivity index (χ1) is 10.6. The molecule has 1 heterocycles. The third-order valence-electron chi connectivity index (χ3n) is 3.32. The Labute approximate surface area is 133 Å². The van der Waals surface area contributed by atoms with Crippen molar-refractivity contribution >= 4 is 38.4 Å². The average molecular weight is 311 g/mol.